The predicted octanol–water partition coefficient (Wildman–Crippen LogP) is 5.03. The van der Waals surface area contributed by atoms with Crippen molar-refractivity contribution in [2.75, 3.05) is 45.4 Å². The monoisotopic (exact) mass is 595 g/mol. The van der Waals surface area contributed by atoms with Gasteiger partial charge in [-0.05, 0) is 34.5 Å². The summed E-state index contributed by atoms with van der Waals surface area (Å²) in [4.78, 5) is 23.7. The van der Waals surface area contributed by atoms with Gasteiger partial charge < -0.3 is 34.2 Å². The van der Waals surface area contributed by atoms with Crippen LogP contribution in [-0.4, -0.2) is 84.0 Å². The van der Waals surface area contributed by atoms with Gasteiger partial charge in [0.2, 0.25) is 0 Å². The quantitative estimate of drug-likeness (QED) is 0.266. The number of nitriles is 1. The molecule has 0 unspecified atom stereocenters. The molecule has 13 heteroatoms. The van der Waals surface area contributed by atoms with Gasteiger partial charge in [-0.2, -0.15) is 15.2 Å². The number of aromatic nitrogens is 2. The minimum Gasteiger partial charge on any atom is -0.508 e. The number of piperazine rings is 1. The molecule has 0 saturated carbocycles. The fourth-order valence-electron chi connectivity index (χ4n) is 5.17. The van der Waals surface area contributed by atoms with Crippen LogP contribution >= 0.6 is 11.6 Å². The first kappa shape index (κ1) is 29.1. The first-order valence-corrected chi connectivity index (χ1v) is 13.3. The lowest BCUT2D eigenvalue weighted by Gasteiger charge is -2.40. The highest BCUT2D eigenvalue weighted by Gasteiger charge is 2.33. The summed E-state index contributed by atoms with van der Waals surface area (Å²) in [6.45, 7) is 0.350. The maximum absolute atomic E-state index is 16.6. The largest absolute Gasteiger partial charge is 0.508 e. The van der Waals surface area contributed by atoms with E-state index >= 15 is 4.39 Å². The van der Waals surface area contributed by atoms with E-state index in [0.717, 1.165) is 0 Å². The fraction of sp³-hybridized carbons (Fsp3) is 0.310. The van der Waals surface area contributed by atoms with Gasteiger partial charge >= 0.3 is 12.1 Å². The smallest absolute Gasteiger partial charge is 0.407 e. The molecule has 1 aliphatic rings. The molecule has 42 heavy (non-hydrogen) atoms. The highest BCUT2D eigenvalue weighted by molar-refractivity contribution is 6.35. The van der Waals surface area contributed by atoms with E-state index in [2.05, 4.69) is 9.97 Å². The van der Waals surface area contributed by atoms with Crippen LogP contribution in [0.2, 0.25) is 5.02 Å². The normalized spacial score (nSPS) is 15.4. The number of amides is 1. The summed E-state index contributed by atoms with van der Waals surface area (Å²) in [6.07, 6.45) is -1.91. The van der Waals surface area contributed by atoms with Crippen LogP contribution in [-0.2, 0) is 9.47 Å². The number of carboxylic acid groups (broad SMARTS) is 1. The van der Waals surface area contributed by atoms with Crippen molar-refractivity contribution in [2.45, 2.75) is 18.8 Å². The Balaban J connectivity index is 1.69. The third kappa shape index (κ3) is 5.54. The number of phenolic OH excluding ortho intramolecular Hbond substituents is 1. The number of phenols is 1. The molecule has 218 valence electrons. The van der Waals surface area contributed by atoms with Crippen LogP contribution in [0.5, 0.6) is 11.8 Å². The molecule has 1 aliphatic heterocycles. The van der Waals surface area contributed by atoms with E-state index in [9.17, 15) is 20.3 Å². The molecule has 1 atom stereocenters. The molecule has 0 aliphatic carbocycles. The average molecular weight is 596 g/mol. The van der Waals surface area contributed by atoms with E-state index in [0.29, 0.717) is 16.3 Å². The zero-order valence-corrected chi connectivity index (χ0v) is 23.5. The van der Waals surface area contributed by atoms with Crippen LogP contribution in [0.4, 0.5) is 15.0 Å². The van der Waals surface area contributed by atoms with Gasteiger partial charge in [0.25, 0.3) is 0 Å². The molecule has 11 nitrogen and oxygen atoms in total. The number of benzene rings is 3. The third-order valence-electron chi connectivity index (χ3n) is 7.19. The maximum atomic E-state index is 16.6. The summed E-state index contributed by atoms with van der Waals surface area (Å²) in [5, 5.41) is 31.1. The Bertz CT molecular complexity index is 1700. The van der Waals surface area contributed by atoms with Crippen molar-refractivity contribution in [1.29, 1.82) is 5.26 Å². The number of carbonyl (C=O) groups is 1. The lowest BCUT2D eigenvalue weighted by molar-refractivity contribution is -0.123. The number of anilines is 1. The van der Waals surface area contributed by atoms with Gasteiger partial charge in [0.05, 0.1) is 23.6 Å². The molecule has 0 radical (unpaired) electrons. The first-order chi connectivity index (χ1) is 20.2. The van der Waals surface area contributed by atoms with E-state index < -0.39 is 24.2 Å². The van der Waals surface area contributed by atoms with E-state index in [1.165, 1.54) is 25.2 Å². The number of ether oxygens (including phenoxy) is 3. The second-order valence-corrected chi connectivity index (χ2v) is 10.0. The molecule has 5 rings (SSSR count). The standard InChI is InChI=1S/C29H27ClFN5O6/c1-40-23(41-2)15-42-28-33-26-21(27(34-28)35-9-10-36(29(38)39)17(14-35)7-8-32)13-22(30)24(25(26)31)20-12-18(37)11-16-5-3-4-6-19(16)20/h3-6,11-13,17,23,37H,7,9-10,14-15H2,1-2H3,(H,38,39)/t17-/m0/s1. The Morgan fingerprint density at radius 1 is 1.19 bits per heavy atom. The molecule has 2 heterocycles. The summed E-state index contributed by atoms with van der Waals surface area (Å²) in [7, 11) is 2.88. The van der Waals surface area contributed by atoms with Crippen LogP contribution in [0.1, 0.15) is 6.42 Å². The zero-order chi connectivity index (χ0) is 30.0. The van der Waals surface area contributed by atoms with E-state index in [1.54, 1.807) is 35.2 Å². The molecule has 1 aromatic heterocycles. The van der Waals surface area contributed by atoms with E-state index in [-0.39, 0.29) is 71.7 Å². The minimum absolute atomic E-state index is 0.0385. The summed E-state index contributed by atoms with van der Waals surface area (Å²) < 4.78 is 32.7. The molecule has 0 spiro atoms. The number of methoxy groups -OCH3 is 2. The molecule has 1 saturated heterocycles. The van der Waals surface area contributed by atoms with E-state index in [4.69, 9.17) is 25.8 Å². The lowest BCUT2D eigenvalue weighted by atomic mass is 9.96. The molecular weight excluding hydrogens is 569 g/mol. The van der Waals surface area contributed by atoms with Gasteiger partial charge in [-0.25, -0.2) is 9.18 Å². The Labute approximate surface area is 245 Å². The molecule has 3 aromatic carbocycles. The third-order valence-corrected chi connectivity index (χ3v) is 7.49. The topological polar surface area (TPSA) is 141 Å². The summed E-state index contributed by atoms with van der Waals surface area (Å²) in [6, 6.07) is 13.0. The van der Waals surface area contributed by atoms with Gasteiger partial charge in [-0.3, -0.25) is 0 Å². The second kappa shape index (κ2) is 12.2. The number of nitrogens with zero attached hydrogens (tertiary/aromatic N) is 5. The van der Waals surface area contributed by atoms with Gasteiger partial charge in [-0.15, -0.1) is 0 Å². The van der Waals surface area contributed by atoms with Crippen molar-refractivity contribution in [1.82, 2.24) is 14.9 Å². The summed E-state index contributed by atoms with van der Waals surface area (Å²) >= 11 is 6.74. The first-order valence-electron chi connectivity index (χ1n) is 13.0. The predicted molar refractivity (Wildman–Crippen MR) is 153 cm³/mol. The molecule has 0 bridgehead atoms. The number of rotatable bonds is 8. The van der Waals surface area contributed by atoms with Gasteiger partial charge in [0, 0.05) is 44.8 Å². The van der Waals surface area contributed by atoms with Crippen LogP contribution in [0.25, 0.3) is 32.8 Å². The SMILES string of the molecule is COC(COc1nc(N2CCN(C(=O)O)[C@@H](CC#N)C2)c2cc(Cl)c(-c3cc(O)cc4ccccc34)c(F)c2n1)OC. The Kier molecular flexibility index (Phi) is 8.44. The van der Waals surface area contributed by atoms with Gasteiger partial charge in [0.1, 0.15) is 23.7 Å². The van der Waals surface area contributed by atoms with Crippen molar-refractivity contribution in [3.05, 3.63) is 53.3 Å². The number of fused-ring (bicyclic) bond motifs is 2. The molecular formula is C29H27ClFN5O6. The summed E-state index contributed by atoms with van der Waals surface area (Å²) in [5.41, 5.74) is 0.322. The molecule has 4 aromatic rings. The number of halogens is 2. The number of aromatic hydroxyl groups is 1. The molecule has 2 N–H and O–H groups in total. The number of hydrogen-bond donors (Lipinski definition) is 2. The van der Waals surface area contributed by atoms with Gasteiger partial charge in [-0.1, -0.05) is 35.9 Å². The second-order valence-electron chi connectivity index (χ2n) is 9.64. The minimum atomic E-state index is -1.13. The Morgan fingerprint density at radius 3 is 2.67 bits per heavy atom. The maximum Gasteiger partial charge on any atom is 0.407 e. The zero-order valence-electron chi connectivity index (χ0n) is 22.8. The average Bonchev–Trinajstić information content (AvgIpc) is 2.97. The van der Waals surface area contributed by atoms with Crippen molar-refractivity contribution < 1.29 is 33.6 Å². The van der Waals surface area contributed by atoms with Crippen LogP contribution in [0.15, 0.2) is 42.5 Å². The van der Waals surface area contributed by atoms with Crippen molar-refractivity contribution in [2.24, 2.45) is 0 Å². The Morgan fingerprint density at radius 2 is 1.95 bits per heavy atom. The van der Waals surface area contributed by atoms with Crippen molar-refractivity contribution >= 4 is 45.2 Å². The molecule has 1 amide bonds. The van der Waals surface area contributed by atoms with Crippen molar-refractivity contribution in [3.63, 3.8) is 0 Å². The summed E-state index contributed by atoms with van der Waals surface area (Å²) in [5.74, 6) is -0.548. The van der Waals surface area contributed by atoms with Crippen LogP contribution in [0.3, 0.4) is 0 Å². The Hall–Kier alpha value is -4.44. The molecule has 1 fully saturated rings. The lowest BCUT2D eigenvalue weighted by Crippen LogP contribution is -2.55. The highest BCUT2D eigenvalue weighted by Crippen LogP contribution is 2.42. The van der Waals surface area contributed by atoms with Crippen LogP contribution < -0.4 is 9.64 Å². The van der Waals surface area contributed by atoms with Crippen LogP contribution in [0, 0.1) is 17.1 Å². The fourth-order valence-corrected chi connectivity index (χ4v) is 5.46. The highest BCUT2D eigenvalue weighted by atomic mass is 35.5. The van der Waals surface area contributed by atoms with E-state index in [1.807, 2.05) is 12.1 Å². The number of hydrogen-bond acceptors (Lipinski definition) is 9. The van der Waals surface area contributed by atoms with Crippen molar-refractivity contribution in [3.8, 4) is 29.0 Å². The van der Waals surface area contributed by atoms with Gasteiger partial charge in [0.15, 0.2) is 12.1 Å².